The molecule has 3 N–H and O–H groups in total. The van der Waals surface area contributed by atoms with Gasteiger partial charge in [-0.1, -0.05) is 0 Å². The SMILES string of the molecule is CC(C)Oc1cccnc1NC(C)(C)C(C)N. The molecule has 0 aliphatic rings. The maximum absolute atomic E-state index is 5.94. The van der Waals surface area contributed by atoms with Crippen molar-refractivity contribution in [2.24, 2.45) is 5.73 Å². The topological polar surface area (TPSA) is 60.2 Å². The number of hydrogen-bond donors (Lipinski definition) is 2. The van der Waals surface area contributed by atoms with E-state index in [1.54, 1.807) is 6.20 Å². The second-order valence-corrected chi connectivity index (χ2v) is 5.15. The van der Waals surface area contributed by atoms with Gasteiger partial charge >= 0.3 is 0 Å². The molecule has 96 valence electrons. The molecule has 0 aliphatic heterocycles. The normalized spacial score (nSPS) is 13.6. The lowest BCUT2D eigenvalue weighted by molar-refractivity contribution is 0.242. The van der Waals surface area contributed by atoms with E-state index in [0.29, 0.717) is 0 Å². The first-order valence-electron chi connectivity index (χ1n) is 5.98. The van der Waals surface area contributed by atoms with Crippen molar-refractivity contribution in [2.75, 3.05) is 5.32 Å². The molecular weight excluding hydrogens is 214 g/mol. The molecular formula is C13H23N3O. The van der Waals surface area contributed by atoms with Crippen molar-refractivity contribution in [2.45, 2.75) is 52.3 Å². The summed E-state index contributed by atoms with van der Waals surface area (Å²) in [5.41, 5.74) is 5.71. The maximum atomic E-state index is 5.94. The Morgan fingerprint density at radius 2 is 2.00 bits per heavy atom. The largest absolute Gasteiger partial charge is 0.487 e. The molecule has 0 spiro atoms. The molecule has 1 aromatic heterocycles. The molecule has 0 saturated carbocycles. The molecule has 1 unspecified atom stereocenters. The van der Waals surface area contributed by atoms with Gasteiger partial charge in [-0.3, -0.25) is 0 Å². The van der Waals surface area contributed by atoms with Gasteiger partial charge in [0.25, 0.3) is 0 Å². The van der Waals surface area contributed by atoms with Crippen LogP contribution < -0.4 is 15.8 Å². The van der Waals surface area contributed by atoms with Gasteiger partial charge in [0.1, 0.15) is 0 Å². The first-order valence-corrected chi connectivity index (χ1v) is 5.98. The van der Waals surface area contributed by atoms with Crippen molar-refractivity contribution in [1.82, 2.24) is 4.98 Å². The Labute approximate surface area is 104 Å². The number of rotatable bonds is 5. The molecule has 1 rings (SSSR count). The van der Waals surface area contributed by atoms with Gasteiger partial charge in [-0.25, -0.2) is 4.98 Å². The number of pyridine rings is 1. The molecule has 1 heterocycles. The zero-order chi connectivity index (χ0) is 13.1. The molecule has 1 atom stereocenters. The molecule has 1 aromatic rings. The third-order valence-corrected chi connectivity index (χ3v) is 2.71. The zero-order valence-corrected chi connectivity index (χ0v) is 11.3. The summed E-state index contributed by atoms with van der Waals surface area (Å²) >= 11 is 0. The van der Waals surface area contributed by atoms with Crippen molar-refractivity contribution in [1.29, 1.82) is 0 Å². The fraction of sp³-hybridized carbons (Fsp3) is 0.615. The fourth-order valence-corrected chi connectivity index (χ4v) is 1.25. The third-order valence-electron chi connectivity index (χ3n) is 2.71. The minimum Gasteiger partial charge on any atom is -0.487 e. The first kappa shape index (κ1) is 13.8. The summed E-state index contributed by atoms with van der Waals surface area (Å²) in [6.07, 6.45) is 1.87. The quantitative estimate of drug-likeness (QED) is 0.825. The fourth-order valence-electron chi connectivity index (χ4n) is 1.25. The van der Waals surface area contributed by atoms with Gasteiger partial charge in [0.15, 0.2) is 11.6 Å². The van der Waals surface area contributed by atoms with Gasteiger partial charge < -0.3 is 15.8 Å². The average Bonchev–Trinajstić information content (AvgIpc) is 2.19. The Kier molecular flexibility index (Phi) is 4.34. The van der Waals surface area contributed by atoms with Crippen LogP contribution in [-0.4, -0.2) is 22.7 Å². The van der Waals surface area contributed by atoms with E-state index < -0.39 is 0 Å². The summed E-state index contributed by atoms with van der Waals surface area (Å²) < 4.78 is 5.71. The molecule has 0 aliphatic carbocycles. The van der Waals surface area contributed by atoms with Gasteiger partial charge in [-0.05, 0) is 46.8 Å². The predicted octanol–water partition coefficient (Wildman–Crippen LogP) is 2.41. The monoisotopic (exact) mass is 237 g/mol. The highest BCUT2D eigenvalue weighted by atomic mass is 16.5. The van der Waals surface area contributed by atoms with Crippen molar-refractivity contribution in [3.8, 4) is 5.75 Å². The van der Waals surface area contributed by atoms with Gasteiger partial charge in [0.2, 0.25) is 0 Å². The summed E-state index contributed by atoms with van der Waals surface area (Å²) in [4.78, 5) is 4.31. The lowest BCUT2D eigenvalue weighted by atomic mass is 9.97. The highest BCUT2D eigenvalue weighted by Gasteiger charge is 2.24. The molecule has 4 nitrogen and oxygen atoms in total. The molecule has 0 bridgehead atoms. The van der Waals surface area contributed by atoms with E-state index in [1.165, 1.54) is 0 Å². The summed E-state index contributed by atoms with van der Waals surface area (Å²) in [5, 5.41) is 3.33. The molecule has 0 amide bonds. The van der Waals surface area contributed by atoms with Crippen LogP contribution in [-0.2, 0) is 0 Å². The summed E-state index contributed by atoms with van der Waals surface area (Å²) in [6.45, 7) is 10.1. The number of nitrogens with two attached hydrogens (primary N) is 1. The Morgan fingerprint density at radius 3 is 2.53 bits per heavy atom. The van der Waals surface area contributed by atoms with Crippen molar-refractivity contribution < 1.29 is 4.74 Å². The van der Waals surface area contributed by atoms with Crippen LogP contribution in [0.25, 0.3) is 0 Å². The van der Waals surface area contributed by atoms with Crippen molar-refractivity contribution in [3.63, 3.8) is 0 Å². The van der Waals surface area contributed by atoms with Crippen LogP contribution >= 0.6 is 0 Å². The van der Waals surface area contributed by atoms with E-state index in [9.17, 15) is 0 Å². The highest BCUT2D eigenvalue weighted by Crippen LogP contribution is 2.26. The van der Waals surface area contributed by atoms with Crippen LogP contribution in [0.3, 0.4) is 0 Å². The predicted molar refractivity (Wildman–Crippen MR) is 71.4 cm³/mol. The third kappa shape index (κ3) is 3.89. The van der Waals surface area contributed by atoms with E-state index in [4.69, 9.17) is 10.5 Å². The van der Waals surface area contributed by atoms with E-state index >= 15 is 0 Å². The number of anilines is 1. The maximum Gasteiger partial charge on any atom is 0.169 e. The number of ether oxygens (including phenoxy) is 1. The summed E-state index contributed by atoms with van der Waals surface area (Å²) in [5.74, 6) is 1.50. The van der Waals surface area contributed by atoms with Crippen LogP contribution in [0.4, 0.5) is 5.82 Å². The van der Waals surface area contributed by atoms with Crippen LogP contribution in [0.15, 0.2) is 18.3 Å². The number of aromatic nitrogens is 1. The highest BCUT2D eigenvalue weighted by molar-refractivity contribution is 5.51. The second kappa shape index (κ2) is 5.36. The minimum absolute atomic E-state index is 0.0106. The molecule has 17 heavy (non-hydrogen) atoms. The van der Waals surface area contributed by atoms with Gasteiger partial charge in [0.05, 0.1) is 6.10 Å². The number of nitrogens with one attached hydrogen (secondary N) is 1. The Morgan fingerprint density at radius 1 is 1.35 bits per heavy atom. The summed E-state index contributed by atoms with van der Waals surface area (Å²) in [6, 6.07) is 3.78. The lowest BCUT2D eigenvalue weighted by Crippen LogP contribution is -2.47. The number of nitrogens with zero attached hydrogens (tertiary/aromatic N) is 1. The average molecular weight is 237 g/mol. The van der Waals surface area contributed by atoms with Crippen LogP contribution in [0.5, 0.6) is 5.75 Å². The lowest BCUT2D eigenvalue weighted by Gasteiger charge is -2.31. The molecule has 0 fully saturated rings. The van der Waals surface area contributed by atoms with Gasteiger partial charge in [-0.15, -0.1) is 0 Å². The van der Waals surface area contributed by atoms with Gasteiger partial charge in [0, 0.05) is 17.8 Å². The molecule has 4 heteroatoms. The molecule has 0 aromatic carbocycles. The second-order valence-electron chi connectivity index (χ2n) is 5.15. The van der Waals surface area contributed by atoms with E-state index in [2.05, 4.69) is 10.3 Å². The van der Waals surface area contributed by atoms with Crippen LogP contribution in [0.1, 0.15) is 34.6 Å². The van der Waals surface area contributed by atoms with Crippen LogP contribution in [0.2, 0.25) is 0 Å². The first-order chi connectivity index (χ1) is 7.83. The van der Waals surface area contributed by atoms with Crippen molar-refractivity contribution >= 4 is 5.82 Å². The Hall–Kier alpha value is -1.29. The molecule has 0 radical (unpaired) electrons. The molecule has 0 saturated heterocycles. The van der Waals surface area contributed by atoms with E-state index in [-0.39, 0.29) is 17.7 Å². The Bertz CT molecular complexity index is 361. The van der Waals surface area contributed by atoms with Crippen molar-refractivity contribution in [3.05, 3.63) is 18.3 Å². The zero-order valence-electron chi connectivity index (χ0n) is 11.3. The Balaban J connectivity index is 2.90. The number of hydrogen-bond acceptors (Lipinski definition) is 4. The van der Waals surface area contributed by atoms with E-state index in [1.807, 2.05) is 46.8 Å². The smallest absolute Gasteiger partial charge is 0.169 e. The van der Waals surface area contributed by atoms with E-state index in [0.717, 1.165) is 11.6 Å². The minimum atomic E-state index is -0.233. The van der Waals surface area contributed by atoms with Gasteiger partial charge in [-0.2, -0.15) is 0 Å². The van der Waals surface area contributed by atoms with Crippen LogP contribution in [0, 0.1) is 0 Å². The summed E-state index contributed by atoms with van der Waals surface area (Å²) in [7, 11) is 0. The standard InChI is InChI=1S/C13H23N3O/c1-9(2)17-11-7-6-8-15-12(11)16-13(4,5)10(3)14/h6-10H,14H2,1-5H3,(H,15,16).